The summed E-state index contributed by atoms with van der Waals surface area (Å²) in [6, 6.07) is 15.1. The normalized spacial score (nSPS) is 11.1. The van der Waals surface area contributed by atoms with Crippen molar-refractivity contribution in [2.75, 3.05) is 5.32 Å². The molecule has 0 fully saturated rings. The fourth-order valence-electron chi connectivity index (χ4n) is 2.84. The molecule has 27 heavy (non-hydrogen) atoms. The Morgan fingerprint density at radius 2 is 2.00 bits per heavy atom. The van der Waals surface area contributed by atoms with Crippen molar-refractivity contribution < 1.29 is 0 Å². The molecule has 4 rings (SSSR count). The number of anilines is 1. The molecule has 2 aromatic heterocycles. The van der Waals surface area contributed by atoms with E-state index in [1.54, 1.807) is 0 Å². The number of aromatic nitrogens is 4. The number of fused-ring (bicyclic) bond motifs is 1. The molecule has 4 aromatic rings. The highest BCUT2D eigenvalue weighted by Crippen LogP contribution is 2.20. The first-order valence-corrected chi connectivity index (χ1v) is 8.93. The number of benzene rings is 2. The zero-order valence-electron chi connectivity index (χ0n) is 15.0. The molecule has 0 aliphatic carbocycles. The summed E-state index contributed by atoms with van der Waals surface area (Å²) in [5.41, 5.74) is 4.37. The van der Waals surface area contributed by atoms with Crippen LogP contribution >= 0.6 is 11.6 Å². The topological polar surface area (TPSA) is 75.1 Å². The van der Waals surface area contributed by atoms with Gasteiger partial charge in [0.15, 0.2) is 5.82 Å². The van der Waals surface area contributed by atoms with Crippen LogP contribution in [-0.2, 0) is 6.54 Å². The number of nitrogens with one attached hydrogen (secondary N) is 2. The van der Waals surface area contributed by atoms with E-state index in [0.29, 0.717) is 28.9 Å². The van der Waals surface area contributed by atoms with Crippen molar-refractivity contribution in [3.05, 3.63) is 80.7 Å². The monoisotopic (exact) mass is 379 g/mol. The summed E-state index contributed by atoms with van der Waals surface area (Å²) >= 11 is 6.15. The van der Waals surface area contributed by atoms with Gasteiger partial charge in [-0.05, 0) is 37.6 Å². The molecule has 2 aromatic carbocycles. The minimum atomic E-state index is -0.228. The van der Waals surface area contributed by atoms with Crippen LogP contribution in [0.25, 0.3) is 17.2 Å². The first-order valence-electron chi connectivity index (χ1n) is 8.55. The Labute approximate surface area is 160 Å². The number of aryl methyl sites for hydroxylation is 2. The third-order valence-electron chi connectivity index (χ3n) is 4.32. The summed E-state index contributed by atoms with van der Waals surface area (Å²) in [5, 5.41) is 8.28. The van der Waals surface area contributed by atoms with Crippen molar-refractivity contribution in [2.24, 2.45) is 0 Å². The second kappa shape index (κ2) is 6.89. The van der Waals surface area contributed by atoms with Crippen LogP contribution in [0.3, 0.4) is 0 Å². The predicted octanol–water partition coefficient (Wildman–Crippen LogP) is 3.97. The van der Waals surface area contributed by atoms with Crippen LogP contribution in [-0.4, -0.2) is 19.6 Å². The first-order chi connectivity index (χ1) is 13.0. The zero-order chi connectivity index (χ0) is 19.0. The SMILES string of the molecule is Cc1cccc(-c2nc3[nH]c(CNc4ccc(C)c(Cl)c4)cc(=O)n3n2)c1. The van der Waals surface area contributed by atoms with E-state index in [2.05, 4.69) is 20.4 Å². The van der Waals surface area contributed by atoms with Crippen LogP contribution in [0, 0.1) is 13.8 Å². The van der Waals surface area contributed by atoms with Gasteiger partial charge in [0.25, 0.3) is 5.56 Å². The lowest BCUT2D eigenvalue weighted by Crippen LogP contribution is -2.17. The third kappa shape index (κ3) is 3.57. The van der Waals surface area contributed by atoms with Crippen LogP contribution < -0.4 is 10.9 Å². The summed E-state index contributed by atoms with van der Waals surface area (Å²) in [6.45, 7) is 4.40. The van der Waals surface area contributed by atoms with E-state index < -0.39 is 0 Å². The number of hydrogen-bond donors (Lipinski definition) is 2. The van der Waals surface area contributed by atoms with Crippen molar-refractivity contribution in [2.45, 2.75) is 20.4 Å². The maximum atomic E-state index is 12.4. The van der Waals surface area contributed by atoms with Gasteiger partial charge < -0.3 is 10.3 Å². The van der Waals surface area contributed by atoms with E-state index in [9.17, 15) is 4.79 Å². The Hall–Kier alpha value is -3.12. The Kier molecular flexibility index (Phi) is 4.41. The van der Waals surface area contributed by atoms with Gasteiger partial charge in [0, 0.05) is 28.0 Å². The van der Waals surface area contributed by atoms with E-state index >= 15 is 0 Å². The summed E-state index contributed by atoms with van der Waals surface area (Å²) in [6.07, 6.45) is 0. The van der Waals surface area contributed by atoms with E-state index in [1.807, 2.05) is 56.3 Å². The number of hydrogen-bond acceptors (Lipinski definition) is 4. The smallest absolute Gasteiger partial charge is 0.275 e. The lowest BCUT2D eigenvalue weighted by atomic mass is 10.1. The molecule has 0 atom stereocenters. The van der Waals surface area contributed by atoms with Gasteiger partial charge in [-0.15, -0.1) is 5.10 Å². The number of halogens is 1. The second-order valence-electron chi connectivity index (χ2n) is 6.49. The van der Waals surface area contributed by atoms with Crippen LogP contribution in [0.15, 0.2) is 53.3 Å². The summed E-state index contributed by atoms with van der Waals surface area (Å²) in [5.74, 6) is 0.931. The molecule has 0 amide bonds. The molecule has 7 heteroatoms. The Morgan fingerprint density at radius 1 is 1.15 bits per heavy atom. The second-order valence-corrected chi connectivity index (χ2v) is 6.90. The molecule has 0 aliphatic rings. The lowest BCUT2D eigenvalue weighted by Gasteiger charge is -2.08. The zero-order valence-corrected chi connectivity index (χ0v) is 15.7. The first kappa shape index (κ1) is 17.3. The van der Waals surface area contributed by atoms with Crippen molar-refractivity contribution in [3.63, 3.8) is 0 Å². The standard InChI is InChI=1S/C20H18ClN5O/c1-12-4-3-5-14(8-12)19-24-20-23-16(10-18(27)26(20)25-19)11-22-15-7-6-13(2)17(21)9-15/h3-10,22H,11H2,1-2H3,(H,23,24,25). The number of nitrogens with zero attached hydrogens (tertiary/aromatic N) is 3. The van der Waals surface area contributed by atoms with Gasteiger partial charge in [-0.2, -0.15) is 9.50 Å². The maximum absolute atomic E-state index is 12.4. The minimum absolute atomic E-state index is 0.228. The summed E-state index contributed by atoms with van der Waals surface area (Å²) in [7, 11) is 0. The van der Waals surface area contributed by atoms with Gasteiger partial charge in [-0.3, -0.25) is 4.79 Å². The molecule has 2 N–H and O–H groups in total. The largest absolute Gasteiger partial charge is 0.379 e. The highest BCUT2D eigenvalue weighted by atomic mass is 35.5. The fourth-order valence-corrected chi connectivity index (χ4v) is 3.02. The van der Waals surface area contributed by atoms with E-state index in [-0.39, 0.29) is 5.56 Å². The lowest BCUT2D eigenvalue weighted by molar-refractivity contribution is 0.879. The quantitative estimate of drug-likeness (QED) is 0.562. The molecular weight excluding hydrogens is 362 g/mol. The van der Waals surface area contributed by atoms with E-state index in [4.69, 9.17) is 11.6 Å². The van der Waals surface area contributed by atoms with Crippen LogP contribution in [0.5, 0.6) is 0 Å². The third-order valence-corrected chi connectivity index (χ3v) is 4.72. The average Bonchev–Trinajstić information content (AvgIpc) is 3.08. The van der Waals surface area contributed by atoms with Gasteiger partial charge in [0.05, 0.1) is 6.54 Å². The van der Waals surface area contributed by atoms with Gasteiger partial charge in [0.2, 0.25) is 5.78 Å². The highest BCUT2D eigenvalue weighted by Gasteiger charge is 2.10. The van der Waals surface area contributed by atoms with Gasteiger partial charge in [-0.1, -0.05) is 41.4 Å². The molecule has 136 valence electrons. The number of aromatic amines is 1. The summed E-state index contributed by atoms with van der Waals surface area (Å²) < 4.78 is 1.28. The molecule has 0 spiro atoms. The van der Waals surface area contributed by atoms with Crippen molar-refractivity contribution in [1.29, 1.82) is 0 Å². The minimum Gasteiger partial charge on any atom is -0.379 e. The molecule has 0 bridgehead atoms. The molecule has 6 nitrogen and oxygen atoms in total. The predicted molar refractivity (Wildman–Crippen MR) is 107 cm³/mol. The van der Waals surface area contributed by atoms with Crippen LogP contribution in [0.4, 0.5) is 5.69 Å². The van der Waals surface area contributed by atoms with Crippen molar-refractivity contribution in [1.82, 2.24) is 19.6 Å². The van der Waals surface area contributed by atoms with Crippen molar-refractivity contribution in [3.8, 4) is 11.4 Å². The Bertz CT molecular complexity index is 1190. The average molecular weight is 380 g/mol. The molecular formula is C20H18ClN5O. The Balaban J connectivity index is 1.63. The Morgan fingerprint density at radius 3 is 2.78 bits per heavy atom. The van der Waals surface area contributed by atoms with E-state index in [1.165, 1.54) is 10.6 Å². The van der Waals surface area contributed by atoms with Gasteiger partial charge in [0.1, 0.15) is 0 Å². The number of rotatable bonds is 4. The highest BCUT2D eigenvalue weighted by molar-refractivity contribution is 6.31. The van der Waals surface area contributed by atoms with E-state index in [0.717, 1.165) is 22.4 Å². The summed E-state index contributed by atoms with van der Waals surface area (Å²) in [4.78, 5) is 20.0. The van der Waals surface area contributed by atoms with Crippen LogP contribution in [0.1, 0.15) is 16.8 Å². The molecule has 0 aliphatic heterocycles. The molecule has 0 unspecified atom stereocenters. The molecule has 0 radical (unpaired) electrons. The van der Waals surface area contributed by atoms with Gasteiger partial charge >= 0.3 is 0 Å². The van der Waals surface area contributed by atoms with Gasteiger partial charge in [-0.25, -0.2) is 0 Å². The maximum Gasteiger partial charge on any atom is 0.275 e. The molecule has 2 heterocycles. The fraction of sp³-hybridized carbons (Fsp3) is 0.150. The van der Waals surface area contributed by atoms with Crippen LogP contribution in [0.2, 0.25) is 5.02 Å². The van der Waals surface area contributed by atoms with Crippen molar-refractivity contribution >= 4 is 23.1 Å². The molecule has 0 saturated carbocycles. The number of H-pyrrole nitrogens is 1. The molecule has 0 saturated heterocycles.